The Hall–Kier alpha value is -3.14. The quantitative estimate of drug-likeness (QED) is 0.698. The van der Waals surface area contributed by atoms with Crippen molar-refractivity contribution in [2.75, 3.05) is 13.1 Å². The van der Waals surface area contributed by atoms with Crippen LogP contribution in [0, 0.1) is 0 Å². The largest absolute Gasteiger partial charge is 0.488 e. The van der Waals surface area contributed by atoms with Gasteiger partial charge < -0.3 is 14.7 Å². The molecule has 0 saturated carbocycles. The number of nitrogens with one attached hydrogen (secondary N) is 1. The van der Waals surface area contributed by atoms with Gasteiger partial charge in [-0.3, -0.25) is 14.9 Å². The Labute approximate surface area is 163 Å². The Morgan fingerprint density at radius 2 is 2.07 bits per heavy atom. The number of hydrogen-bond acceptors (Lipinski definition) is 5. The van der Waals surface area contributed by atoms with Crippen molar-refractivity contribution in [1.82, 2.24) is 20.1 Å². The molecule has 3 aromatic rings. The zero-order chi connectivity index (χ0) is 20.6. The van der Waals surface area contributed by atoms with Gasteiger partial charge in [0, 0.05) is 36.8 Å². The maximum atomic E-state index is 12.7. The predicted molar refractivity (Wildman–Crippen MR) is 96.3 cm³/mol. The van der Waals surface area contributed by atoms with E-state index in [4.69, 9.17) is 4.74 Å². The molecule has 4 rings (SSSR count). The normalized spacial score (nSPS) is 20.1. The van der Waals surface area contributed by atoms with Crippen LogP contribution in [0.15, 0.2) is 42.7 Å². The summed E-state index contributed by atoms with van der Waals surface area (Å²) in [5.74, 6) is -0.109. The van der Waals surface area contributed by atoms with Crippen molar-refractivity contribution >= 4 is 16.7 Å². The lowest BCUT2D eigenvalue weighted by atomic mass is 10.0. The van der Waals surface area contributed by atoms with Gasteiger partial charge in [0.2, 0.25) is 0 Å². The van der Waals surface area contributed by atoms with E-state index in [-0.39, 0.29) is 18.8 Å². The number of hydrogen-bond donors (Lipinski definition) is 2. The lowest BCUT2D eigenvalue weighted by Gasteiger charge is -2.35. The minimum Gasteiger partial charge on any atom is -0.488 e. The summed E-state index contributed by atoms with van der Waals surface area (Å²) in [5, 5.41) is 17.6. The third-order valence-corrected chi connectivity index (χ3v) is 4.81. The summed E-state index contributed by atoms with van der Waals surface area (Å²) in [6, 6.07) is 8.02. The second kappa shape index (κ2) is 7.36. The number of carbonyl (C=O) groups excluding carboxylic acids is 1. The summed E-state index contributed by atoms with van der Waals surface area (Å²) in [5.41, 5.74) is -1.43. The number of likely N-dealkylation sites (tertiary alicyclic amines) is 1. The second-order valence-corrected chi connectivity index (χ2v) is 6.81. The molecule has 2 atom stereocenters. The highest BCUT2D eigenvalue weighted by molar-refractivity contribution is 5.92. The van der Waals surface area contributed by atoms with Gasteiger partial charge >= 0.3 is 6.18 Å². The third kappa shape index (κ3) is 4.02. The number of alkyl halides is 3. The fraction of sp³-hybridized carbons (Fsp3) is 0.316. The van der Waals surface area contributed by atoms with Gasteiger partial charge in [-0.25, -0.2) is 0 Å². The number of halogens is 3. The van der Waals surface area contributed by atoms with E-state index in [2.05, 4.69) is 10.1 Å². The highest BCUT2D eigenvalue weighted by Crippen LogP contribution is 2.28. The van der Waals surface area contributed by atoms with Gasteiger partial charge in [0.25, 0.3) is 5.91 Å². The number of ether oxygens (including phenoxy) is 1. The topological polar surface area (TPSA) is 91.3 Å². The third-order valence-electron chi connectivity index (χ3n) is 4.81. The van der Waals surface area contributed by atoms with Crippen molar-refractivity contribution in [1.29, 1.82) is 0 Å². The number of aromatic amines is 1. The van der Waals surface area contributed by atoms with Crippen LogP contribution in [0.5, 0.6) is 5.75 Å². The van der Waals surface area contributed by atoms with Crippen LogP contribution >= 0.6 is 0 Å². The Bertz CT molecular complexity index is 1040. The summed E-state index contributed by atoms with van der Waals surface area (Å²) in [4.78, 5) is 17.7. The zero-order valence-corrected chi connectivity index (χ0v) is 15.1. The number of pyridine rings is 1. The van der Waals surface area contributed by atoms with E-state index in [1.165, 1.54) is 4.90 Å². The standard InChI is InChI=1S/C19H17F3N4O3/c20-19(21,22)17-8-14(24-25-17)18(28)26-6-4-16(15(27)10-26)29-13-2-1-11-3-5-23-9-12(11)7-13/h1-3,5,7-9,15-16,27H,4,6,10H2,(H,24,25)/t15-,16-/m1/s1. The molecule has 0 spiro atoms. The number of β-amino-alcohol motifs (C(OH)–C–C–N with tert-alkyl or cyclic N) is 1. The molecule has 152 valence electrons. The molecular formula is C19H17F3N4O3. The maximum Gasteiger partial charge on any atom is 0.432 e. The van der Waals surface area contributed by atoms with Gasteiger partial charge in [0.05, 0.1) is 6.54 Å². The summed E-state index contributed by atoms with van der Waals surface area (Å²) < 4.78 is 43.9. The van der Waals surface area contributed by atoms with Gasteiger partial charge in [-0.2, -0.15) is 18.3 Å². The lowest BCUT2D eigenvalue weighted by Crippen LogP contribution is -2.51. The number of H-pyrrole nitrogens is 1. The van der Waals surface area contributed by atoms with Gasteiger partial charge in [-0.1, -0.05) is 6.07 Å². The molecule has 1 aromatic carbocycles. The highest BCUT2D eigenvalue weighted by Gasteiger charge is 2.36. The highest BCUT2D eigenvalue weighted by atomic mass is 19.4. The number of piperidine rings is 1. The van der Waals surface area contributed by atoms with Gasteiger partial charge in [-0.15, -0.1) is 0 Å². The molecule has 0 unspecified atom stereocenters. The minimum absolute atomic E-state index is 0.0627. The summed E-state index contributed by atoms with van der Waals surface area (Å²) in [6.07, 6.45) is -2.41. The Kier molecular flexibility index (Phi) is 4.87. The van der Waals surface area contributed by atoms with Crippen molar-refractivity contribution in [2.24, 2.45) is 0 Å². The van der Waals surface area contributed by atoms with E-state index < -0.39 is 30.0 Å². The SMILES string of the molecule is O=C(c1cc(C(F)(F)F)[nH]n1)N1CC[C@@H](Oc2ccc3ccncc3c2)[C@H](O)C1. The van der Waals surface area contributed by atoms with E-state index in [1.807, 2.05) is 23.3 Å². The molecular weight excluding hydrogens is 389 g/mol. The first-order valence-electron chi connectivity index (χ1n) is 8.91. The van der Waals surface area contributed by atoms with Crippen LogP contribution in [0.25, 0.3) is 10.8 Å². The van der Waals surface area contributed by atoms with Gasteiger partial charge in [0.1, 0.15) is 23.7 Å². The molecule has 0 bridgehead atoms. The molecule has 0 radical (unpaired) electrons. The fourth-order valence-electron chi connectivity index (χ4n) is 3.28. The molecule has 1 saturated heterocycles. The first-order chi connectivity index (χ1) is 13.8. The van der Waals surface area contributed by atoms with E-state index in [9.17, 15) is 23.1 Å². The summed E-state index contributed by atoms with van der Waals surface area (Å²) >= 11 is 0. The van der Waals surface area contributed by atoms with Crippen LogP contribution in [-0.4, -0.2) is 56.4 Å². The lowest BCUT2D eigenvalue weighted by molar-refractivity contribution is -0.141. The van der Waals surface area contributed by atoms with E-state index in [0.29, 0.717) is 18.2 Å². The molecule has 3 heterocycles. The number of aliphatic hydroxyl groups is 1. The average molecular weight is 406 g/mol. The number of benzene rings is 1. The van der Waals surface area contributed by atoms with Gasteiger partial charge in [0.15, 0.2) is 5.69 Å². The van der Waals surface area contributed by atoms with Crippen LogP contribution in [0.1, 0.15) is 22.6 Å². The Balaban J connectivity index is 1.41. The number of carbonyl (C=O) groups is 1. The minimum atomic E-state index is -4.61. The van der Waals surface area contributed by atoms with Crippen molar-refractivity contribution in [3.8, 4) is 5.75 Å². The van der Waals surface area contributed by atoms with Crippen molar-refractivity contribution in [3.05, 3.63) is 54.1 Å². The molecule has 7 nitrogen and oxygen atoms in total. The first-order valence-corrected chi connectivity index (χ1v) is 8.91. The number of aliphatic hydroxyl groups excluding tert-OH is 1. The van der Waals surface area contributed by atoms with Crippen LogP contribution in [0.3, 0.4) is 0 Å². The molecule has 1 fully saturated rings. The number of fused-ring (bicyclic) bond motifs is 1. The summed E-state index contributed by atoms with van der Waals surface area (Å²) in [6.45, 7) is 0.163. The van der Waals surface area contributed by atoms with Crippen molar-refractivity contribution < 1.29 is 27.8 Å². The summed E-state index contributed by atoms with van der Waals surface area (Å²) in [7, 11) is 0. The molecule has 1 amide bonds. The zero-order valence-electron chi connectivity index (χ0n) is 15.1. The Morgan fingerprint density at radius 3 is 2.79 bits per heavy atom. The van der Waals surface area contributed by atoms with Crippen LogP contribution in [0.2, 0.25) is 0 Å². The first kappa shape index (κ1) is 19.2. The average Bonchev–Trinajstić information content (AvgIpc) is 3.20. The van der Waals surface area contributed by atoms with E-state index in [1.54, 1.807) is 18.5 Å². The van der Waals surface area contributed by atoms with E-state index >= 15 is 0 Å². The second-order valence-electron chi connectivity index (χ2n) is 6.81. The van der Waals surface area contributed by atoms with Crippen LogP contribution < -0.4 is 4.74 Å². The van der Waals surface area contributed by atoms with Crippen LogP contribution in [0.4, 0.5) is 13.2 Å². The van der Waals surface area contributed by atoms with Crippen molar-refractivity contribution in [3.63, 3.8) is 0 Å². The van der Waals surface area contributed by atoms with Gasteiger partial charge in [-0.05, 0) is 23.6 Å². The van der Waals surface area contributed by atoms with Crippen molar-refractivity contribution in [2.45, 2.75) is 24.8 Å². The maximum absolute atomic E-state index is 12.7. The smallest absolute Gasteiger partial charge is 0.432 e. The van der Waals surface area contributed by atoms with Crippen LogP contribution in [-0.2, 0) is 6.18 Å². The Morgan fingerprint density at radius 1 is 1.24 bits per heavy atom. The number of aromatic nitrogens is 3. The molecule has 29 heavy (non-hydrogen) atoms. The molecule has 1 aliphatic rings. The monoisotopic (exact) mass is 406 g/mol. The number of nitrogens with zero attached hydrogens (tertiary/aromatic N) is 3. The molecule has 2 N–H and O–H groups in total. The molecule has 1 aliphatic heterocycles. The molecule has 0 aliphatic carbocycles. The fourth-order valence-corrected chi connectivity index (χ4v) is 3.28. The molecule has 10 heteroatoms. The number of rotatable bonds is 3. The van der Waals surface area contributed by atoms with E-state index in [0.717, 1.165) is 10.8 Å². The number of amides is 1. The molecule has 2 aromatic heterocycles. The predicted octanol–water partition coefficient (Wildman–Crippen LogP) is 2.63.